The van der Waals surface area contributed by atoms with Crippen molar-refractivity contribution in [3.63, 3.8) is 0 Å². The zero-order valence-electron chi connectivity index (χ0n) is 13.5. The van der Waals surface area contributed by atoms with Crippen molar-refractivity contribution >= 4 is 28.8 Å². The van der Waals surface area contributed by atoms with Crippen molar-refractivity contribution < 1.29 is 14.0 Å². The summed E-state index contributed by atoms with van der Waals surface area (Å²) in [6.07, 6.45) is 1.61. The molecule has 2 aromatic rings. The van der Waals surface area contributed by atoms with Gasteiger partial charge in [-0.25, -0.2) is 4.39 Å². The molecular weight excluding hydrogens is 331 g/mol. The topological polar surface area (TPSA) is 84.0 Å². The van der Waals surface area contributed by atoms with Crippen LogP contribution in [0.1, 0.15) is 41.5 Å². The molecule has 0 aliphatic heterocycles. The highest BCUT2D eigenvalue weighted by Crippen LogP contribution is 2.15. The lowest BCUT2D eigenvalue weighted by molar-refractivity contribution is -0.121. The predicted molar refractivity (Wildman–Crippen MR) is 90.5 cm³/mol. The third kappa shape index (κ3) is 5.38. The number of carbonyl (C=O) groups excluding carboxylic acids is 2. The fourth-order valence-electron chi connectivity index (χ4n) is 1.83. The van der Waals surface area contributed by atoms with E-state index in [1.165, 1.54) is 24.3 Å². The summed E-state index contributed by atoms with van der Waals surface area (Å²) in [6, 6.07) is 5.60. The van der Waals surface area contributed by atoms with Gasteiger partial charge in [0.15, 0.2) is 0 Å². The van der Waals surface area contributed by atoms with E-state index in [4.69, 9.17) is 0 Å². The van der Waals surface area contributed by atoms with Gasteiger partial charge in [-0.1, -0.05) is 18.3 Å². The molecule has 2 amide bonds. The number of amides is 2. The number of hydrogen-bond acceptors (Lipinski definition) is 5. The van der Waals surface area contributed by atoms with Gasteiger partial charge in [0.05, 0.1) is 0 Å². The number of aryl methyl sites for hydroxylation is 1. The van der Waals surface area contributed by atoms with Crippen LogP contribution in [0.5, 0.6) is 0 Å². The number of carbonyl (C=O) groups is 2. The van der Waals surface area contributed by atoms with Crippen LogP contribution in [0.2, 0.25) is 0 Å². The maximum absolute atomic E-state index is 12.8. The molecule has 0 radical (unpaired) electrons. The first kappa shape index (κ1) is 18.0. The van der Waals surface area contributed by atoms with Crippen LogP contribution < -0.4 is 10.6 Å². The first-order chi connectivity index (χ1) is 11.5. The Labute approximate surface area is 143 Å². The third-order valence-electron chi connectivity index (χ3n) is 3.35. The van der Waals surface area contributed by atoms with Crippen molar-refractivity contribution in [1.82, 2.24) is 15.5 Å². The van der Waals surface area contributed by atoms with Gasteiger partial charge in [-0.15, -0.1) is 10.2 Å². The highest BCUT2D eigenvalue weighted by Gasteiger charge is 2.14. The third-order valence-corrected chi connectivity index (χ3v) is 4.33. The molecule has 1 heterocycles. The normalized spacial score (nSPS) is 11.8. The van der Waals surface area contributed by atoms with Crippen LogP contribution in [0, 0.1) is 5.82 Å². The van der Waals surface area contributed by atoms with Gasteiger partial charge in [0, 0.05) is 24.6 Å². The minimum Gasteiger partial charge on any atom is -0.354 e. The zero-order valence-corrected chi connectivity index (χ0v) is 14.3. The van der Waals surface area contributed by atoms with Crippen molar-refractivity contribution in [1.29, 1.82) is 0 Å². The molecule has 6 nitrogen and oxygen atoms in total. The molecular formula is C16H19FN4O2S. The summed E-state index contributed by atoms with van der Waals surface area (Å²) in [5, 5.41) is 14.1. The molecule has 0 spiro atoms. The maximum atomic E-state index is 12.8. The summed E-state index contributed by atoms with van der Waals surface area (Å²) in [5.74, 6) is -0.826. The summed E-state index contributed by atoms with van der Waals surface area (Å²) >= 11 is 1.14. The smallest absolute Gasteiger partial charge is 0.286 e. The van der Waals surface area contributed by atoms with E-state index in [9.17, 15) is 14.0 Å². The van der Waals surface area contributed by atoms with Gasteiger partial charge >= 0.3 is 0 Å². The molecule has 0 unspecified atom stereocenters. The van der Waals surface area contributed by atoms with Crippen molar-refractivity contribution in [2.45, 2.75) is 39.2 Å². The highest BCUT2D eigenvalue weighted by molar-refractivity contribution is 7.13. The molecule has 1 atom stereocenters. The molecule has 0 bridgehead atoms. The minimum absolute atomic E-state index is 0.0446. The van der Waals surface area contributed by atoms with Crippen molar-refractivity contribution in [3.8, 4) is 0 Å². The fourth-order valence-corrected chi connectivity index (χ4v) is 2.57. The predicted octanol–water partition coefficient (Wildman–Crippen LogP) is 2.78. The first-order valence-corrected chi connectivity index (χ1v) is 8.48. The SMILES string of the molecule is CC[C@H](C)NC(=O)CCc1nnc(C(=O)Nc2ccc(F)cc2)s1. The molecule has 2 rings (SSSR count). The van der Waals surface area contributed by atoms with Crippen LogP contribution >= 0.6 is 11.3 Å². The van der Waals surface area contributed by atoms with E-state index in [2.05, 4.69) is 20.8 Å². The molecule has 0 aliphatic rings. The van der Waals surface area contributed by atoms with Crippen LogP contribution in [0.3, 0.4) is 0 Å². The number of benzene rings is 1. The number of nitrogens with one attached hydrogen (secondary N) is 2. The molecule has 0 saturated heterocycles. The molecule has 1 aromatic heterocycles. The largest absolute Gasteiger partial charge is 0.354 e. The van der Waals surface area contributed by atoms with Gasteiger partial charge < -0.3 is 10.6 Å². The van der Waals surface area contributed by atoms with Gasteiger partial charge in [0.2, 0.25) is 10.9 Å². The average molecular weight is 350 g/mol. The Morgan fingerprint density at radius 2 is 1.96 bits per heavy atom. The van der Waals surface area contributed by atoms with Crippen LogP contribution in [-0.4, -0.2) is 28.1 Å². The fraction of sp³-hybridized carbons (Fsp3) is 0.375. The number of rotatable bonds is 7. The lowest BCUT2D eigenvalue weighted by atomic mass is 10.2. The average Bonchev–Trinajstić information content (AvgIpc) is 3.04. The molecule has 1 aromatic carbocycles. The van der Waals surface area contributed by atoms with E-state index < -0.39 is 5.91 Å². The van der Waals surface area contributed by atoms with Crippen molar-refractivity contribution in [3.05, 3.63) is 40.1 Å². The molecule has 8 heteroatoms. The molecule has 2 N–H and O–H groups in total. The number of anilines is 1. The summed E-state index contributed by atoms with van der Waals surface area (Å²) < 4.78 is 12.8. The molecule has 24 heavy (non-hydrogen) atoms. The van der Waals surface area contributed by atoms with E-state index in [-0.39, 0.29) is 22.8 Å². The number of nitrogens with zero attached hydrogens (tertiary/aromatic N) is 2. The van der Waals surface area contributed by atoms with E-state index >= 15 is 0 Å². The zero-order chi connectivity index (χ0) is 17.5. The van der Waals surface area contributed by atoms with Crippen LogP contribution in [0.25, 0.3) is 0 Å². The van der Waals surface area contributed by atoms with Gasteiger partial charge in [0.25, 0.3) is 5.91 Å². The lowest BCUT2D eigenvalue weighted by Crippen LogP contribution is -2.31. The van der Waals surface area contributed by atoms with Crippen LogP contribution in [-0.2, 0) is 11.2 Å². The Morgan fingerprint density at radius 1 is 1.25 bits per heavy atom. The Morgan fingerprint density at radius 3 is 2.62 bits per heavy atom. The number of hydrogen-bond donors (Lipinski definition) is 2. The van der Waals surface area contributed by atoms with Crippen molar-refractivity contribution in [2.24, 2.45) is 0 Å². The Bertz CT molecular complexity index is 702. The number of halogens is 1. The maximum Gasteiger partial charge on any atom is 0.286 e. The van der Waals surface area contributed by atoms with Crippen molar-refractivity contribution in [2.75, 3.05) is 5.32 Å². The Kier molecular flexibility index (Phi) is 6.36. The molecule has 128 valence electrons. The van der Waals surface area contributed by atoms with Gasteiger partial charge in [-0.05, 0) is 37.6 Å². The van der Waals surface area contributed by atoms with Crippen LogP contribution in [0.4, 0.5) is 10.1 Å². The standard InChI is InChI=1S/C16H19FN4O2S/c1-3-10(2)18-13(22)8-9-14-20-21-16(24-14)15(23)19-12-6-4-11(17)5-7-12/h4-7,10H,3,8-9H2,1-2H3,(H,18,22)(H,19,23)/t10-/m0/s1. The molecule has 0 aliphatic carbocycles. The van der Waals surface area contributed by atoms with E-state index in [1.54, 1.807) is 0 Å². The quantitative estimate of drug-likeness (QED) is 0.804. The summed E-state index contributed by atoms with van der Waals surface area (Å²) in [4.78, 5) is 23.8. The van der Waals surface area contributed by atoms with Gasteiger partial charge in [0.1, 0.15) is 10.8 Å². The summed E-state index contributed by atoms with van der Waals surface area (Å²) in [5.41, 5.74) is 0.478. The highest BCUT2D eigenvalue weighted by atomic mass is 32.1. The second kappa shape index (κ2) is 8.49. The van der Waals surface area contributed by atoms with E-state index in [0.29, 0.717) is 23.5 Å². The number of aromatic nitrogens is 2. The summed E-state index contributed by atoms with van der Waals surface area (Å²) in [6.45, 7) is 3.95. The van der Waals surface area contributed by atoms with E-state index in [1.807, 2.05) is 13.8 Å². The first-order valence-electron chi connectivity index (χ1n) is 7.66. The Balaban J connectivity index is 1.86. The van der Waals surface area contributed by atoms with E-state index in [0.717, 1.165) is 17.8 Å². The lowest BCUT2D eigenvalue weighted by Gasteiger charge is -2.10. The second-order valence-electron chi connectivity index (χ2n) is 5.34. The Hall–Kier alpha value is -2.35. The molecule has 0 fully saturated rings. The second-order valence-corrected chi connectivity index (χ2v) is 6.40. The monoisotopic (exact) mass is 350 g/mol. The molecule has 0 saturated carbocycles. The van der Waals surface area contributed by atoms with Crippen LogP contribution in [0.15, 0.2) is 24.3 Å². The minimum atomic E-state index is -0.408. The van der Waals surface area contributed by atoms with Gasteiger partial charge in [-0.3, -0.25) is 9.59 Å². The summed E-state index contributed by atoms with van der Waals surface area (Å²) in [7, 11) is 0. The van der Waals surface area contributed by atoms with Gasteiger partial charge in [-0.2, -0.15) is 0 Å².